The van der Waals surface area contributed by atoms with Crippen molar-refractivity contribution < 1.29 is 9.59 Å². The summed E-state index contributed by atoms with van der Waals surface area (Å²) in [5.41, 5.74) is 2.04. The molecule has 38 heavy (non-hydrogen) atoms. The number of rotatable bonds is 11. The second kappa shape index (κ2) is 14.8. The zero-order valence-electron chi connectivity index (χ0n) is 21.5. The summed E-state index contributed by atoms with van der Waals surface area (Å²) in [5, 5.41) is 3.99. The van der Waals surface area contributed by atoms with Crippen LogP contribution in [0.15, 0.2) is 88.2 Å². The van der Waals surface area contributed by atoms with Crippen molar-refractivity contribution >= 4 is 51.1 Å². The molecule has 1 atom stereocenters. The fourth-order valence-corrected chi connectivity index (χ4v) is 6.05. The monoisotopic (exact) mass is 612 g/mol. The lowest BCUT2D eigenvalue weighted by Gasteiger charge is -2.33. The van der Waals surface area contributed by atoms with Gasteiger partial charge in [-0.1, -0.05) is 89.3 Å². The van der Waals surface area contributed by atoms with E-state index >= 15 is 0 Å². The van der Waals surface area contributed by atoms with Crippen LogP contribution in [0.5, 0.6) is 0 Å². The Kier molecular flexibility index (Phi) is 11.2. The Balaban J connectivity index is 1.55. The van der Waals surface area contributed by atoms with E-state index in [1.54, 1.807) is 16.7 Å². The van der Waals surface area contributed by atoms with Gasteiger partial charge in [-0.05, 0) is 60.4 Å². The highest BCUT2D eigenvalue weighted by Crippen LogP contribution is 2.24. The zero-order valence-corrected chi connectivity index (χ0v) is 24.6. The molecule has 2 amide bonds. The van der Waals surface area contributed by atoms with Gasteiger partial charge in [0.1, 0.15) is 6.04 Å². The summed E-state index contributed by atoms with van der Waals surface area (Å²) in [7, 11) is 0. The number of hydrogen-bond donors (Lipinski definition) is 1. The number of halogens is 2. The Morgan fingerprint density at radius 2 is 1.61 bits per heavy atom. The van der Waals surface area contributed by atoms with Crippen molar-refractivity contribution in [1.82, 2.24) is 10.2 Å². The van der Waals surface area contributed by atoms with Gasteiger partial charge in [0.05, 0.1) is 0 Å². The normalized spacial score (nSPS) is 14.6. The SMILES string of the molecule is O=C(NC1CCCCC1)[C@@H](Cc1ccccc1)N(Cc1ccc(Br)cc1)C(=O)CCSc1ccc(Cl)cc1. The highest BCUT2D eigenvalue weighted by molar-refractivity contribution is 9.10. The van der Waals surface area contributed by atoms with E-state index in [9.17, 15) is 9.59 Å². The van der Waals surface area contributed by atoms with Crippen LogP contribution in [0, 0.1) is 0 Å². The minimum atomic E-state index is -0.587. The number of amides is 2. The molecule has 0 heterocycles. The Morgan fingerprint density at radius 3 is 2.29 bits per heavy atom. The second-order valence-corrected chi connectivity index (χ2v) is 12.3. The lowest BCUT2D eigenvalue weighted by molar-refractivity contribution is -0.141. The van der Waals surface area contributed by atoms with Crippen molar-refractivity contribution in [2.75, 3.05) is 5.75 Å². The number of carbonyl (C=O) groups is 2. The third-order valence-electron chi connectivity index (χ3n) is 6.89. The maximum absolute atomic E-state index is 13.8. The Morgan fingerprint density at radius 1 is 0.921 bits per heavy atom. The number of benzene rings is 3. The molecule has 4 nitrogen and oxygen atoms in total. The van der Waals surface area contributed by atoms with E-state index < -0.39 is 6.04 Å². The zero-order chi connectivity index (χ0) is 26.7. The molecule has 1 fully saturated rings. The van der Waals surface area contributed by atoms with Crippen LogP contribution >= 0.6 is 39.3 Å². The highest BCUT2D eigenvalue weighted by atomic mass is 79.9. The first-order chi connectivity index (χ1) is 18.5. The highest BCUT2D eigenvalue weighted by Gasteiger charge is 2.31. The van der Waals surface area contributed by atoms with Crippen LogP contribution in [0.4, 0.5) is 0 Å². The summed E-state index contributed by atoms with van der Waals surface area (Å²) in [6.07, 6.45) is 6.32. The maximum Gasteiger partial charge on any atom is 0.243 e. The fourth-order valence-electron chi connectivity index (χ4n) is 4.82. The van der Waals surface area contributed by atoms with Gasteiger partial charge in [-0.3, -0.25) is 9.59 Å². The molecule has 4 rings (SSSR count). The third-order valence-corrected chi connectivity index (χ3v) is 8.68. The summed E-state index contributed by atoms with van der Waals surface area (Å²) in [5.74, 6) is 0.547. The molecule has 1 saturated carbocycles. The minimum Gasteiger partial charge on any atom is -0.352 e. The van der Waals surface area contributed by atoms with E-state index in [2.05, 4.69) is 21.2 Å². The molecule has 7 heteroatoms. The summed E-state index contributed by atoms with van der Waals surface area (Å²) >= 11 is 11.1. The van der Waals surface area contributed by atoms with Gasteiger partial charge in [-0.25, -0.2) is 0 Å². The molecule has 0 aliphatic heterocycles. The minimum absolute atomic E-state index is 0.0193. The van der Waals surface area contributed by atoms with Crippen LogP contribution < -0.4 is 5.32 Å². The Hall–Kier alpha value is -2.28. The molecule has 1 N–H and O–H groups in total. The van der Waals surface area contributed by atoms with Gasteiger partial charge in [0, 0.05) is 45.6 Å². The number of nitrogens with one attached hydrogen (secondary N) is 1. The molecule has 1 aliphatic rings. The van der Waals surface area contributed by atoms with Crippen molar-refractivity contribution in [1.29, 1.82) is 0 Å². The Bertz CT molecular complexity index is 1170. The number of nitrogens with zero attached hydrogens (tertiary/aromatic N) is 1. The molecule has 3 aromatic carbocycles. The van der Waals surface area contributed by atoms with E-state index in [1.165, 1.54) is 6.42 Å². The molecule has 0 bridgehead atoms. The predicted octanol–water partition coefficient (Wildman–Crippen LogP) is 7.67. The van der Waals surface area contributed by atoms with Crippen molar-refractivity contribution in [3.8, 4) is 0 Å². The molecule has 1 aliphatic carbocycles. The average Bonchev–Trinajstić information content (AvgIpc) is 2.94. The summed E-state index contributed by atoms with van der Waals surface area (Å²) < 4.78 is 0.981. The molecule has 0 unspecified atom stereocenters. The molecule has 3 aromatic rings. The van der Waals surface area contributed by atoms with Gasteiger partial charge in [-0.2, -0.15) is 0 Å². The van der Waals surface area contributed by atoms with Gasteiger partial charge in [-0.15, -0.1) is 11.8 Å². The van der Waals surface area contributed by atoms with Crippen molar-refractivity contribution in [2.24, 2.45) is 0 Å². The first kappa shape index (κ1) is 28.7. The van der Waals surface area contributed by atoms with E-state index in [-0.39, 0.29) is 17.9 Å². The standard InChI is InChI=1S/C31H34BrClN2O2S/c32-25-13-11-24(12-14-25)22-35(30(36)19-20-38-28-17-15-26(33)16-18-28)29(21-23-7-3-1-4-8-23)31(37)34-27-9-5-2-6-10-27/h1,3-4,7-8,11-18,27,29H,2,5-6,9-10,19-22H2,(H,34,37)/t29-/m1/s1. The molecular weight excluding hydrogens is 580 g/mol. The van der Waals surface area contributed by atoms with Gasteiger partial charge in [0.25, 0.3) is 0 Å². The van der Waals surface area contributed by atoms with Gasteiger partial charge in [0.15, 0.2) is 0 Å². The molecule has 0 radical (unpaired) electrons. The molecule has 0 spiro atoms. The lowest BCUT2D eigenvalue weighted by Crippen LogP contribution is -2.52. The van der Waals surface area contributed by atoms with E-state index in [0.717, 1.165) is 46.2 Å². The fraction of sp³-hybridized carbons (Fsp3) is 0.355. The number of thioether (sulfide) groups is 1. The second-order valence-electron chi connectivity index (χ2n) is 9.75. The molecule has 0 aromatic heterocycles. The molecule has 200 valence electrons. The predicted molar refractivity (Wildman–Crippen MR) is 160 cm³/mol. The first-order valence-electron chi connectivity index (χ1n) is 13.2. The quantitative estimate of drug-likeness (QED) is 0.226. The van der Waals surface area contributed by atoms with Crippen LogP contribution in [0.25, 0.3) is 0 Å². The van der Waals surface area contributed by atoms with E-state index in [4.69, 9.17) is 11.6 Å². The van der Waals surface area contributed by atoms with Gasteiger partial charge in [0.2, 0.25) is 11.8 Å². The molecule has 0 saturated heterocycles. The van der Waals surface area contributed by atoms with Gasteiger partial charge >= 0.3 is 0 Å². The van der Waals surface area contributed by atoms with Crippen molar-refractivity contribution in [2.45, 2.75) is 68.5 Å². The first-order valence-corrected chi connectivity index (χ1v) is 15.4. The lowest BCUT2D eigenvalue weighted by atomic mass is 9.94. The van der Waals surface area contributed by atoms with Crippen LogP contribution in [0.1, 0.15) is 49.7 Å². The topological polar surface area (TPSA) is 49.4 Å². The van der Waals surface area contributed by atoms with Gasteiger partial charge < -0.3 is 10.2 Å². The third kappa shape index (κ3) is 8.89. The average molecular weight is 614 g/mol. The number of carbonyl (C=O) groups excluding carboxylic acids is 2. The van der Waals surface area contributed by atoms with Crippen LogP contribution in [-0.2, 0) is 22.6 Å². The largest absolute Gasteiger partial charge is 0.352 e. The number of hydrogen-bond acceptors (Lipinski definition) is 3. The van der Waals surface area contributed by atoms with Crippen LogP contribution in [0.2, 0.25) is 5.02 Å². The summed E-state index contributed by atoms with van der Waals surface area (Å²) in [6, 6.07) is 25.2. The Labute approximate surface area is 243 Å². The van der Waals surface area contributed by atoms with Crippen molar-refractivity contribution in [3.63, 3.8) is 0 Å². The summed E-state index contributed by atoms with van der Waals surface area (Å²) in [6.45, 7) is 0.382. The van der Waals surface area contributed by atoms with Crippen molar-refractivity contribution in [3.05, 3.63) is 99.5 Å². The van der Waals surface area contributed by atoms with Crippen LogP contribution in [-0.4, -0.2) is 34.6 Å². The maximum atomic E-state index is 13.8. The van der Waals surface area contributed by atoms with Crippen LogP contribution in [0.3, 0.4) is 0 Å². The smallest absolute Gasteiger partial charge is 0.243 e. The molecular formula is C31H34BrClN2O2S. The van der Waals surface area contributed by atoms with E-state index in [1.807, 2.05) is 78.9 Å². The van der Waals surface area contributed by atoms with E-state index in [0.29, 0.717) is 30.2 Å². The summed E-state index contributed by atoms with van der Waals surface area (Å²) in [4.78, 5) is 30.4.